The second kappa shape index (κ2) is 14.6. The lowest BCUT2D eigenvalue weighted by Gasteiger charge is -2.37. The van der Waals surface area contributed by atoms with Gasteiger partial charge in [0.25, 0.3) is 0 Å². The summed E-state index contributed by atoms with van der Waals surface area (Å²) in [6.07, 6.45) is 1.94. The molecule has 0 spiro atoms. The molecular formula is C31H39ClFN5O3. The predicted octanol–water partition coefficient (Wildman–Crippen LogP) is 5.66. The molecule has 2 heterocycles. The minimum absolute atomic E-state index is 0.0745. The number of aromatic nitrogens is 1. The Morgan fingerprint density at radius 1 is 1.10 bits per heavy atom. The first-order chi connectivity index (χ1) is 19.7. The highest BCUT2D eigenvalue weighted by atomic mass is 35.5. The Morgan fingerprint density at radius 2 is 1.83 bits per heavy atom. The zero-order chi connectivity index (χ0) is 29.4. The van der Waals surface area contributed by atoms with Crippen LogP contribution in [0.3, 0.4) is 0 Å². The summed E-state index contributed by atoms with van der Waals surface area (Å²) in [6.45, 7) is 8.60. The molecule has 0 saturated carbocycles. The van der Waals surface area contributed by atoms with Gasteiger partial charge >= 0.3 is 6.09 Å². The van der Waals surface area contributed by atoms with Gasteiger partial charge in [0.2, 0.25) is 5.91 Å². The molecule has 4 rings (SSSR count). The molecule has 8 nitrogen and oxygen atoms in total. The minimum Gasteiger partial charge on any atom is -0.449 e. The average molecular weight is 584 g/mol. The fourth-order valence-electron chi connectivity index (χ4n) is 5.20. The average Bonchev–Trinajstić information content (AvgIpc) is 2.95. The molecule has 1 saturated heterocycles. The summed E-state index contributed by atoms with van der Waals surface area (Å²) < 4.78 is 19.4. The number of pyridine rings is 1. The molecule has 1 aliphatic heterocycles. The Bertz CT molecular complexity index is 1330. The van der Waals surface area contributed by atoms with Crippen LogP contribution in [0.15, 0.2) is 54.7 Å². The third kappa shape index (κ3) is 8.86. The first kappa shape index (κ1) is 30.7. The molecule has 2 amide bonds. The lowest BCUT2D eigenvalue weighted by molar-refractivity contribution is -0.134. The fraction of sp³-hybridized carbons (Fsp3) is 0.452. The summed E-state index contributed by atoms with van der Waals surface area (Å²) in [5.74, 6) is -0.0206. The Balaban J connectivity index is 1.34. The summed E-state index contributed by atoms with van der Waals surface area (Å²) in [6, 6.07) is 14.8. The van der Waals surface area contributed by atoms with Gasteiger partial charge in [-0.3, -0.25) is 15.0 Å². The van der Waals surface area contributed by atoms with Gasteiger partial charge in [-0.2, -0.15) is 0 Å². The van der Waals surface area contributed by atoms with E-state index in [0.29, 0.717) is 56.4 Å². The van der Waals surface area contributed by atoms with Crippen molar-refractivity contribution in [1.82, 2.24) is 19.7 Å². The molecule has 1 aliphatic rings. The van der Waals surface area contributed by atoms with Crippen LogP contribution in [-0.2, 0) is 16.1 Å². The van der Waals surface area contributed by atoms with Crippen LogP contribution >= 0.6 is 11.6 Å². The number of carbonyl (C=O) groups is 2. The van der Waals surface area contributed by atoms with Gasteiger partial charge in [-0.05, 0) is 56.3 Å². The number of rotatable bonds is 11. The van der Waals surface area contributed by atoms with Crippen molar-refractivity contribution in [3.05, 3.63) is 71.1 Å². The Hall–Kier alpha value is -3.27. The quantitative estimate of drug-likeness (QED) is 0.314. The number of piperazine rings is 1. The maximum atomic E-state index is 14.0. The van der Waals surface area contributed by atoms with Crippen LogP contribution in [0.25, 0.3) is 10.8 Å². The molecule has 2 aromatic carbocycles. The van der Waals surface area contributed by atoms with Gasteiger partial charge in [0.15, 0.2) is 0 Å². The van der Waals surface area contributed by atoms with E-state index in [4.69, 9.17) is 16.3 Å². The number of fused-ring (bicyclic) bond motifs is 1. The fourth-order valence-corrected chi connectivity index (χ4v) is 5.38. The number of carbonyl (C=O) groups excluding carboxylic acids is 2. The molecule has 1 N–H and O–H groups in total. The monoisotopic (exact) mass is 583 g/mol. The molecule has 1 fully saturated rings. The maximum Gasteiger partial charge on any atom is 0.412 e. The normalized spacial score (nSPS) is 15.0. The van der Waals surface area contributed by atoms with Crippen molar-refractivity contribution in [3.8, 4) is 0 Å². The summed E-state index contributed by atoms with van der Waals surface area (Å²) in [5.41, 5.74) is 0.683. The molecule has 1 atom stereocenters. The molecule has 0 radical (unpaired) electrons. The SMILES string of the molecule is CC(C)N1CCN(C(=O)CC(CCOC(=O)Nc2cc3ccccc3cn2)CN(C)Cc2cccc(F)c2Cl)CC1. The van der Waals surface area contributed by atoms with Crippen molar-refractivity contribution in [3.63, 3.8) is 0 Å². The largest absolute Gasteiger partial charge is 0.449 e. The van der Waals surface area contributed by atoms with Gasteiger partial charge in [-0.25, -0.2) is 14.2 Å². The second-order valence-electron chi connectivity index (χ2n) is 11.0. The molecule has 0 aliphatic carbocycles. The van der Waals surface area contributed by atoms with Gasteiger partial charge in [0.05, 0.1) is 11.6 Å². The highest BCUT2D eigenvalue weighted by molar-refractivity contribution is 6.31. The lowest BCUT2D eigenvalue weighted by Crippen LogP contribution is -2.51. The van der Waals surface area contributed by atoms with Gasteiger partial charge in [0, 0.05) is 63.3 Å². The van der Waals surface area contributed by atoms with Gasteiger partial charge < -0.3 is 14.5 Å². The number of anilines is 1. The number of nitrogens with one attached hydrogen (secondary N) is 1. The van der Waals surface area contributed by atoms with Crippen molar-refractivity contribution in [2.24, 2.45) is 5.92 Å². The lowest BCUT2D eigenvalue weighted by atomic mass is 9.99. The predicted molar refractivity (Wildman–Crippen MR) is 160 cm³/mol. The van der Waals surface area contributed by atoms with E-state index in [0.717, 1.165) is 23.9 Å². The van der Waals surface area contributed by atoms with Gasteiger partial charge in [-0.15, -0.1) is 0 Å². The van der Waals surface area contributed by atoms with Crippen LogP contribution in [0.1, 0.15) is 32.3 Å². The molecule has 220 valence electrons. The number of benzene rings is 2. The third-order valence-electron chi connectivity index (χ3n) is 7.52. The Labute approximate surface area is 246 Å². The molecule has 1 aromatic heterocycles. The van der Waals surface area contributed by atoms with E-state index < -0.39 is 11.9 Å². The van der Waals surface area contributed by atoms with E-state index in [1.165, 1.54) is 6.07 Å². The van der Waals surface area contributed by atoms with Crippen LogP contribution in [0.5, 0.6) is 0 Å². The highest BCUT2D eigenvalue weighted by Gasteiger charge is 2.25. The van der Waals surface area contributed by atoms with E-state index in [-0.39, 0.29) is 23.5 Å². The van der Waals surface area contributed by atoms with Crippen LogP contribution in [0.4, 0.5) is 15.0 Å². The Kier molecular flexibility index (Phi) is 10.9. The number of hydrogen-bond donors (Lipinski definition) is 1. The molecule has 41 heavy (non-hydrogen) atoms. The second-order valence-corrected chi connectivity index (χ2v) is 11.3. The standard InChI is InChI=1S/C31H39ClFN5O3/c1-22(2)37-12-14-38(15-13-37)29(39)17-23(20-36(3)21-26-9-6-10-27(33)30(26)32)11-16-41-31(40)35-28-18-24-7-4-5-8-25(24)19-34-28/h4-10,18-19,22-23H,11-17,20-21H2,1-3H3,(H,34,35,40). The van der Waals surface area contributed by atoms with E-state index in [2.05, 4.69) is 29.0 Å². The highest BCUT2D eigenvalue weighted by Crippen LogP contribution is 2.23. The van der Waals surface area contributed by atoms with Crippen molar-refractivity contribution in [2.45, 2.75) is 39.3 Å². The number of nitrogens with zero attached hydrogens (tertiary/aromatic N) is 4. The van der Waals surface area contributed by atoms with E-state index in [1.807, 2.05) is 41.1 Å². The molecule has 1 unspecified atom stereocenters. The minimum atomic E-state index is -0.595. The molecule has 0 bridgehead atoms. The smallest absolute Gasteiger partial charge is 0.412 e. The summed E-state index contributed by atoms with van der Waals surface area (Å²) in [5, 5.41) is 4.74. The first-order valence-corrected chi connectivity index (χ1v) is 14.5. The number of hydrogen-bond acceptors (Lipinski definition) is 6. The summed E-state index contributed by atoms with van der Waals surface area (Å²) >= 11 is 6.17. The van der Waals surface area contributed by atoms with Crippen LogP contribution in [-0.4, -0.2) is 84.1 Å². The van der Waals surface area contributed by atoms with Crippen LogP contribution < -0.4 is 5.32 Å². The topological polar surface area (TPSA) is 78.0 Å². The summed E-state index contributed by atoms with van der Waals surface area (Å²) in [7, 11) is 1.92. The van der Waals surface area contributed by atoms with E-state index in [9.17, 15) is 14.0 Å². The number of amides is 2. The zero-order valence-corrected chi connectivity index (χ0v) is 24.7. The maximum absolute atomic E-state index is 14.0. The van der Waals surface area contributed by atoms with Crippen molar-refractivity contribution >= 4 is 40.2 Å². The van der Waals surface area contributed by atoms with Crippen molar-refractivity contribution < 1.29 is 18.7 Å². The Morgan fingerprint density at radius 3 is 2.56 bits per heavy atom. The van der Waals surface area contributed by atoms with Crippen LogP contribution in [0, 0.1) is 11.7 Å². The number of ether oxygens (including phenoxy) is 1. The number of halogens is 2. The van der Waals surface area contributed by atoms with E-state index in [1.54, 1.807) is 24.4 Å². The first-order valence-electron chi connectivity index (χ1n) is 14.1. The van der Waals surface area contributed by atoms with Gasteiger partial charge in [-0.1, -0.05) is 48.0 Å². The van der Waals surface area contributed by atoms with Crippen molar-refractivity contribution in [1.29, 1.82) is 0 Å². The summed E-state index contributed by atoms with van der Waals surface area (Å²) in [4.78, 5) is 36.4. The third-order valence-corrected chi connectivity index (χ3v) is 7.95. The van der Waals surface area contributed by atoms with Gasteiger partial charge in [0.1, 0.15) is 11.6 Å². The van der Waals surface area contributed by atoms with Crippen LogP contribution in [0.2, 0.25) is 5.02 Å². The van der Waals surface area contributed by atoms with Crippen molar-refractivity contribution in [2.75, 3.05) is 51.7 Å². The molecule has 3 aromatic rings. The molecule has 10 heteroatoms. The van der Waals surface area contributed by atoms with E-state index >= 15 is 0 Å². The molecular weight excluding hydrogens is 545 g/mol. The zero-order valence-electron chi connectivity index (χ0n) is 24.0.